The van der Waals surface area contributed by atoms with Crippen molar-refractivity contribution in [1.82, 2.24) is 14.9 Å². The summed E-state index contributed by atoms with van der Waals surface area (Å²) in [7, 11) is 0. The summed E-state index contributed by atoms with van der Waals surface area (Å²) in [5.74, 6) is -1.07. The van der Waals surface area contributed by atoms with Gasteiger partial charge in [0.1, 0.15) is 5.69 Å². The summed E-state index contributed by atoms with van der Waals surface area (Å²) in [6.07, 6.45) is 4.86. The molecule has 0 saturated carbocycles. The molecule has 1 aromatic heterocycles. The Balaban J connectivity index is 2.67. The van der Waals surface area contributed by atoms with Gasteiger partial charge in [-0.25, -0.2) is 4.98 Å². The van der Waals surface area contributed by atoms with Gasteiger partial charge in [-0.05, 0) is 20.3 Å². The monoisotopic (exact) mass is 251 g/mol. The van der Waals surface area contributed by atoms with E-state index in [4.69, 9.17) is 5.11 Å². The van der Waals surface area contributed by atoms with Crippen LogP contribution in [-0.4, -0.2) is 44.4 Å². The molecule has 1 amide bonds. The Hall–Kier alpha value is -1.98. The first-order valence-corrected chi connectivity index (χ1v) is 5.81. The van der Waals surface area contributed by atoms with Crippen LogP contribution in [-0.2, 0) is 4.79 Å². The Morgan fingerprint density at radius 1 is 1.39 bits per heavy atom. The standard InChI is InChI=1S/C12H17N3O3/c1-9(2)15(7-3-4-11(16)17)12(18)10-8-13-5-6-14-10/h5-6,8-9H,3-4,7H2,1-2H3,(H,16,17). The number of aromatic nitrogens is 2. The topological polar surface area (TPSA) is 83.4 Å². The molecule has 18 heavy (non-hydrogen) atoms. The SMILES string of the molecule is CC(C)N(CCCC(=O)O)C(=O)c1cnccn1. The molecule has 0 aliphatic heterocycles. The molecule has 0 unspecified atom stereocenters. The maximum atomic E-state index is 12.1. The van der Waals surface area contributed by atoms with Crippen LogP contribution in [0.25, 0.3) is 0 Å². The first-order valence-electron chi connectivity index (χ1n) is 5.81. The lowest BCUT2D eigenvalue weighted by atomic mass is 10.2. The fourth-order valence-corrected chi connectivity index (χ4v) is 1.55. The molecule has 0 atom stereocenters. The molecule has 0 aliphatic carbocycles. The molecule has 0 aliphatic rings. The molecule has 0 spiro atoms. The van der Waals surface area contributed by atoms with Crippen LogP contribution in [0.5, 0.6) is 0 Å². The van der Waals surface area contributed by atoms with Crippen LogP contribution in [0.4, 0.5) is 0 Å². The molecule has 6 nitrogen and oxygen atoms in total. The van der Waals surface area contributed by atoms with Crippen LogP contribution in [0.3, 0.4) is 0 Å². The zero-order chi connectivity index (χ0) is 13.5. The van der Waals surface area contributed by atoms with E-state index >= 15 is 0 Å². The zero-order valence-corrected chi connectivity index (χ0v) is 10.5. The van der Waals surface area contributed by atoms with Crippen LogP contribution in [0.2, 0.25) is 0 Å². The first-order chi connectivity index (χ1) is 8.52. The third-order valence-corrected chi connectivity index (χ3v) is 2.46. The molecule has 0 bridgehead atoms. The second-order valence-electron chi connectivity index (χ2n) is 4.18. The number of hydrogen-bond acceptors (Lipinski definition) is 4. The largest absolute Gasteiger partial charge is 0.481 e. The van der Waals surface area contributed by atoms with Crippen LogP contribution < -0.4 is 0 Å². The summed E-state index contributed by atoms with van der Waals surface area (Å²) in [5, 5.41) is 8.59. The van der Waals surface area contributed by atoms with E-state index in [1.54, 1.807) is 4.90 Å². The lowest BCUT2D eigenvalue weighted by molar-refractivity contribution is -0.137. The Bertz CT molecular complexity index is 406. The molecule has 1 heterocycles. The Morgan fingerprint density at radius 3 is 2.61 bits per heavy atom. The predicted molar refractivity (Wildman–Crippen MR) is 65.1 cm³/mol. The minimum Gasteiger partial charge on any atom is -0.481 e. The van der Waals surface area contributed by atoms with E-state index in [2.05, 4.69) is 9.97 Å². The molecule has 1 rings (SSSR count). The van der Waals surface area contributed by atoms with Crippen molar-refractivity contribution < 1.29 is 14.7 Å². The predicted octanol–water partition coefficient (Wildman–Crippen LogP) is 1.19. The van der Waals surface area contributed by atoms with Crippen molar-refractivity contribution >= 4 is 11.9 Å². The molecule has 0 radical (unpaired) electrons. The fraction of sp³-hybridized carbons (Fsp3) is 0.500. The second-order valence-corrected chi connectivity index (χ2v) is 4.18. The van der Waals surface area contributed by atoms with Crippen LogP contribution in [0.15, 0.2) is 18.6 Å². The quantitative estimate of drug-likeness (QED) is 0.821. The average molecular weight is 251 g/mol. The number of amides is 1. The number of carbonyl (C=O) groups is 2. The molecule has 0 fully saturated rings. The summed E-state index contributed by atoms with van der Waals surface area (Å²) in [6.45, 7) is 4.17. The van der Waals surface area contributed by atoms with Crippen LogP contribution >= 0.6 is 0 Å². The van der Waals surface area contributed by atoms with Crippen molar-refractivity contribution in [3.63, 3.8) is 0 Å². The third-order valence-electron chi connectivity index (χ3n) is 2.46. The summed E-state index contributed by atoms with van der Waals surface area (Å²) in [5.41, 5.74) is 0.279. The van der Waals surface area contributed by atoms with E-state index in [1.165, 1.54) is 18.6 Å². The Morgan fingerprint density at radius 2 is 2.11 bits per heavy atom. The summed E-state index contributed by atoms with van der Waals surface area (Å²) >= 11 is 0. The number of nitrogens with zero attached hydrogens (tertiary/aromatic N) is 3. The minimum absolute atomic E-state index is 0.00620. The minimum atomic E-state index is -0.856. The fourth-order valence-electron chi connectivity index (χ4n) is 1.55. The van der Waals surface area contributed by atoms with Crippen molar-refractivity contribution in [3.8, 4) is 0 Å². The van der Waals surface area contributed by atoms with Crippen molar-refractivity contribution in [2.45, 2.75) is 32.7 Å². The van der Waals surface area contributed by atoms with E-state index in [0.717, 1.165) is 0 Å². The van der Waals surface area contributed by atoms with Gasteiger partial charge in [0.25, 0.3) is 5.91 Å². The van der Waals surface area contributed by atoms with E-state index in [-0.39, 0.29) is 24.1 Å². The highest BCUT2D eigenvalue weighted by Crippen LogP contribution is 2.07. The maximum Gasteiger partial charge on any atom is 0.303 e. The third kappa shape index (κ3) is 4.12. The molecule has 6 heteroatoms. The van der Waals surface area contributed by atoms with Gasteiger partial charge in [0.2, 0.25) is 0 Å². The number of hydrogen-bond donors (Lipinski definition) is 1. The molecular formula is C12H17N3O3. The van der Waals surface area contributed by atoms with Crippen LogP contribution in [0, 0.1) is 0 Å². The highest BCUT2D eigenvalue weighted by atomic mass is 16.4. The summed E-state index contributed by atoms with van der Waals surface area (Å²) in [6, 6.07) is -0.00620. The lowest BCUT2D eigenvalue weighted by Crippen LogP contribution is -2.38. The van der Waals surface area contributed by atoms with Crippen molar-refractivity contribution in [3.05, 3.63) is 24.3 Å². The number of carboxylic acid groups (broad SMARTS) is 1. The maximum absolute atomic E-state index is 12.1. The molecule has 1 aromatic rings. The van der Waals surface area contributed by atoms with E-state index < -0.39 is 5.97 Å². The Kier molecular flexibility index (Phi) is 5.23. The molecule has 98 valence electrons. The number of carboxylic acids is 1. The smallest absolute Gasteiger partial charge is 0.303 e. The van der Waals surface area contributed by atoms with Crippen molar-refractivity contribution in [2.24, 2.45) is 0 Å². The van der Waals surface area contributed by atoms with Gasteiger partial charge in [0.15, 0.2) is 0 Å². The van der Waals surface area contributed by atoms with E-state index in [0.29, 0.717) is 13.0 Å². The van der Waals surface area contributed by atoms with E-state index in [9.17, 15) is 9.59 Å². The molecule has 0 saturated heterocycles. The van der Waals surface area contributed by atoms with Gasteiger partial charge in [-0.3, -0.25) is 14.6 Å². The highest BCUT2D eigenvalue weighted by Gasteiger charge is 2.19. The van der Waals surface area contributed by atoms with Gasteiger partial charge < -0.3 is 10.0 Å². The van der Waals surface area contributed by atoms with Gasteiger partial charge >= 0.3 is 5.97 Å². The Labute approximate surface area is 106 Å². The molecular weight excluding hydrogens is 234 g/mol. The zero-order valence-electron chi connectivity index (χ0n) is 10.5. The number of carbonyl (C=O) groups excluding carboxylic acids is 1. The summed E-state index contributed by atoms with van der Waals surface area (Å²) < 4.78 is 0. The van der Waals surface area contributed by atoms with Gasteiger partial charge in [-0.2, -0.15) is 0 Å². The molecule has 1 N–H and O–H groups in total. The van der Waals surface area contributed by atoms with Gasteiger partial charge in [0, 0.05) is 31.4 Å². The van der Waals surface area contributed by atoms with Crippen molar-refractivity contribution in [1.29, 1.82) is 0 Å². The van der Waals surface area contributed by atoms with Gasteiger partial charge in [0.05, 0.1) is 6.20 Å². The normalized spacial score (nSPS) is 10.4. The number of rotatable bonds is 6. The van der Waals surface area contributed by atoms with Crippen molar-refractivity contribution in [2.75, 3.05) is 6.54 Å². The lowest BCUT2D eigenvalue weighted by Gasteiger charge is -2.26. The van der Waals surface area contributed by atoms with Gasteiger partial charge in [-0.15, -0.1) is 0 Å². The number of aliphatic carboxylic acids is 1. The highest BCUT2D eigenvalue weighted by molar-refractivity contribution is 5.92. The van der Waals surface area contributed by atoms with Gasteiger partial charge in [-0.1, -0.05) is 0 Å². The van der Waals surface area contributed by atoms with Crippen LogP contribution in [0.1, 0.15) is 37.2 Å². The first kappa shape index (κ1) is 14.1. The second kappa shape index (κ2) is 6.68. The molecule has 0 aromatic carbocycles. The average Bonchev–Trinajstić information content (AvgIpc) is 2.34. The van der Waals surface area contributed by atoms with E-state index in [1.807, 2.05) is 13.8 Å². The summed E-state index contributed by atoms with van der Waals surface area (Å²) in [4.78, 5) is 32.0.